The van der Waals surface area contributed by atoms with E-state index in [-0.39, 0.29) is 0 Å². The van der Waals surface area contributed by atoms with Crippen molar-refractivity contribution in [2.75, 3.05) is 21.1 Å². The molecule has 2 atom stereocenters. The molecule has 5 nitrogen and oxygen atoms in total. The summed E-state index contributed by atoms with van der Waals surface area (Å²) in [4.78, 5) is 0. The average molecular weight is 191 g/mol. The summed E-state index contributed by atoms with van der Waals surface area (Å²) in [6.45, 7) is 3.29. The van der Waals surface area contributed by atoms with E-state index in [9.17, 15) is 10.2 Å². The maximum atomic E-state index is 10.1. The maximum Gasteiger partial charge on any atom is 0.173 e. The Bertz CT molecular complexity index is 159. The minimum atomic E-state index is -1.42. The van der Waals surface area contributed by atoms with Gasteiger partial charge in [-0.25, -0.2) is 0 Å². The van der Waals surface area contributed by atoms with E-state index in [0.29, 0.717) is 0 Å². The molecule has 0 saturated carbocycles. The predicted octanol–water partition coefficient (Wildman–Crippen LogP) is -1.57. The van der Waals surface area contributed by atoms with Crippen LogP contribution in [0.5, 0.6) is 0 Å². The summed E-state index contributed by atoms with van der Waals surface area (Å²) in [5, 5.41) is 28.1. The van der Waals surface area contributed by atoms with Gasteiger partial charge in [-0.05, 0) is 35.0 Å². The van der Waals surface area contributed by atoms with Gasteiger partial charge >= 0.3 is 0 Å². The lowest BCUT2D eigenvalue weighted by Crippen LogP contribution is -2.76. The van der Waals surface area contributed by atoms with Crippen LogP contribution in [0.15, 0.2) is 0 Å². The fraction of sp³-hybridized carbons (Fsp3) is 1.00. The summed E-state index contributed by atoms with van der Waals surface area (Å²) >= 11 is 0. The summed E-state index contributed by atoms with van der Waals surface area (Å²) < 4.78 is 0. The van der Waals surface area contributed by atoms with Crippen LogP contribution in [-0.2, 0) is 0 Å². The van der Waals surface area contributed by atoms with Crippen molar-refractivity contribution in [3.05, 3.63) is 0 Å². The third-order valence-electron chi connectivity index (χ3n) is 2.75. The Hall–Kier alpha value is -0.200. The van der Waals surface area contributed by atoms with Crippen molar-refractivity contribution < 1.29 is 10.2 Å². The van der Waals surface area contributed by atoms with Gasteiger partial charge in [-0.3, -0.25) is 16.0 Å². The van der Waals surface area contributed by atoms with Gasteiger partial charge in [0, 0.05) is 0 Å². The molecule has 0 aromatic heterocycles. The van der Waals surface area contributed by atoms with Crippen LogP contribution in [0.4, 0.5) is 0 Å². The van der Waals surface area contributed by atoms with Crippen LogP contribution in [0.1, 0.15) is 13.8 Å². The van der Waals surface area contributed by atoms with Crippen LogP contribution in [0.2, 0.25) is 0 Å². The van der Waals surface area contributed by atoms with Gasteiger partial charge in [0.1, 0.15) is 5.66 Å². The molecular formula is C8H21N3O2. The molecule has 0 spiro atoms. The third kappa shape index (κ3) is 2.00. The molecule has 5 N–H and O–H groups in total. The number of rotatable bonds is 5. The van der Waals surface area contributed by atoms with Gasteiger partial charge in [0.25, 0.3) is 0 Å². The molecule has 2 unspecified atom stereocenters. The molecule has 0 aromatic rings. The van der Waals surface area contributed by atoms with Crippen LogP contribution in [0.25, 0.3) is 0 Å². The second kappa shape index (κ2) is 4.34. The first-order chi connectivity index (χ1) is 5.88. The number of aliphatic hydroxyl groups is 2. The first-order valence-corrected chi connectivity index (χ1v) is 4.35. The van der Waals surface area contributed by atoms with E-state index in [1.165, 1.54) is 6.92 Å². The van der Waals surface area contributed by atoms with Crippen molar-refractivity contribution in [1.82, 2.24) is 16.0 Å². The Morgan fingerprint density at radius 3 is 1.54 bits per heavy atom. The van der Waals surface area contributed by atoms with Crippen molar-refractivity contribution in [2.24, 2.45) is 0 Å². The van der Waals surface area contributed by atoms with Gasteiger partial charge in [0.15, 0.2) is 5.72 Å². The number of hydrogen-bond donors (Lipinski definition) is 5. The Morgan fingerprint density at radius 1 is 1.08 bits per heavy atom. The predicted molar refractivity (Wildman–Crippen MR) is 52.2 cm³/mol. The molecule has 5 heteroatoms. The number of nitrogens with one attached hydrogen (secondary N) is 3. The average Bonchev–Trinajstić information content (AvgIpc) is 2.14. The Balaban J connectivity index is 4.91. The van der Waals surface area contributed by atoms with Gasteiger partial charge in [0.2, 0.25) is 0 Å². The highest BCUT2D eigenvalue weighted by atomic mass is 16.4. The van der Waals surface area contributed by atoms with E-state index in [4.69, 9.17) is 0 Å². The number of hydrogen-bond acceptors (Lipinski definition) is 5. The minimum absolute atomic E-state index is 0.796. The van der Waals surface area contributed by atoms with Crippen molar-refractivity contribution in [1.29, 1.82) is 0 Å². The molecule has 0 heterocycles. The second-order valence-corrected chi connectivity index (χ2v) is 3.32. The van der Waals surface area contributed by atoms with E-state index in [0.717, 1.165) is 0 Å². The van der Waals surface area contributed by atoms with Crippen molar-refractivity contribution >= 4 is 0 Å². The minimum Gasteiger partial charge on any atom is -0.389 e. The summed E-state index contributed by atoms with van der Waals surface area (Å²) in [5.74, 6) is 0. The quantitative estimate of drug-likeness (QED) is 0.339. The van der Waals surface area contributed by atoms with Crippen LogP contribution in [0.3, 0.4) is 0 Å². The van der Waals surface area contributed by atoms with Crippen LogP contribution < -0.4 is 16.0 Å². The molecule has 0 saturated heterocycles. The first-order valence-electron chi connectivity index (χ1n) is 4.35. The topological polar surface area (TPSA) is 76.5 Å². The Labute approximate surface area is 79.5 Å². The molecular weight excluding hydrogens is 170 g/mol. The molecule has 0 fully saturated rings. The molecule has 0 aromatic carbocycles. The second-order valence-electron chi connectivity index (χ2n) is 3.32. The van der Waals surface area contributed by atoms with E-state index < -0.39 is 17.5 Å². The van der Waals surface area contributed by atoms with Gasteiger partial charge < -0.3 is 10.2 Å². The molecule has 13 heavy (non-hydrogen) atoms. The molecule has 0 rings (SSSR count). The zero-order valence-corrected chi connectivity index (χ0v) is 8.97. The SMILES string of the molecule is CNC(C)(NC)C(O)(NC)C(C)O. The van der Waals surface area contributed by atoms with Gasteiger partial charge in [-0.15, -0.1) is 0 Å². The monoisotopic (exact) mass is 191 g/mol. The zero-order valence-electron chi connectivity index (χ0n) is 8.97. The van der Waals surface area contributed by atoms with E-state index in [2.05, 4.69) is 16.0 Å². The fourth-order valence-electron chi connectivity index (χ4n) is 1.38. The highest BCUT2D eigenvalue weighted by molar-refractivity contribution is 5.00. The maximum absolute atomic E-state index is 10.1. The van der Waals surface area contributed by atoms with Crippen molar-refractivity contribution in [2.45, 2.75) is 31.3 Å². The smallest absolute Gasteiger partial charge is 0.173 e. The molecule has 0 amide bonds. The normalized spacial score (nSPS) is 19.6. The van der Waals surface area contributed by atoms with Gasteiger partial charge in [-0.2, -0.15) is 0 Å². The van der Waals surface area contributed by atoms with Gasteiger partial charge in [0.05, 0.1) is 6.10 Å². The summed E-state index contributed by atoms with van der Waals surface area (Å²) in [7, 11) is 5.02. The number of aliphatic hydroxyl groups excluding tert-OH is 1. The van der Waals surface area contributed by atoms with Crippen molar-refractivity contribution in [3.8, 4) is 0 Å². The summed E-state index contributed by atoms with van der Waals surface area (Å²) in [5.41, 5.74) is -2.22. The van der Waals surface area contributed by atoms with Crippen molar-refractivity contribution in [3.63, 3.8) is 0 Å². The van der Waals surface area contributed by atoms with E-state index in [1.807, 2.05) is 0 Å². The lowest BCUT2D eigenvalue weighted by atomic mass is 9.93. The molecule has 0 bridgehead atoms. The summed E-state index contributed by atoms with van der Waals surface area (Å²) in [6.07, 6.45) is -0.901. The number of likely N-dealkylation sites (N-methyl/N-ethyl adjacent to an activating group) is 3. The van der Waals surface area contributed by atoms with E-state index in [1.54, 1.807) is 28.1 Å². The molecule has 0 aliphatic carbocycles. The lowest BCUT2D eigenvalue weighted by molar-refractivity contribution is -0.148. The molecule has 0 aliphatic rings. The lowest BCUT2D eigenvalue weighted by Gasteiger charge is -2.46. The zero-order chi connectivity index (χ0) is 10.7. The summed E-state index contributed by atoms with van der Waals surface area (Å²) in [6, 6.07) is 0. The first kappa shape index (κ1) is 12.8. The standard InChI is InChI=1S/C8H21N3O2/c1-6(12)8(13,11-5)7(2,9-3)10-4/h6,9-13H,1-5H3. The highest BCUT2D eigenvalue weighted by Gasteiger charge is 2.47. The van der Waals surface area contributed by atoms with Crippen LogP contribution in [0, 0.1) is 0 Å². The molecule has 0 aliphatic heterocycles. The Morgan fingerprint density at radius 2 is 1.46 bits per heavy atom. The highest BCUT2D eigenvalue weighted by Crippen LogP contribution is 2.19. The molecule has 80 valence electrons. The van der Waals surface area contributed by atoms with Crippen LogP contribution >= 0.6 is 0 Å². The Kier molecular flexibility index (Phi) is 4.28. The van der Waals surface area contributed by atoms with Gasteiger partial charge in [-0.1, -0.05) is 0 Å². The van der Waals surface area contributed by atoms with Crippen LogP contribution in [-0.4, -0.2) is 48.8 Å². The largest absolute Gasteiger partial charge is 0.389 e. The molecule has 0 radical (unpaired) electrons. The fourth-order valence-corrected chi connectivity index (χ4v) is 1.38. The third-order valence-corrected chi connectivity index (χ3v) is 2.75. The van der Waals surface area contributed by atoms with E-state index >= 15 is 0 Å².